The van der Waals surface area contributed by atoms with Gasteiger partial charge in [-0.25, -0.2) is 10.9 Å². The van der Waals surface area contributed by atoms with Crippen molar-refractivity contribution in [1.29, 1.82) is 0 Å². The van der Waals surface area contributed by atoms with Crippen LogP contribution in [0.25, 0.3) is 0 Å². The Morgan fingerprint density at radius 1 is 0.793 bits per heavy atom. The minimum absolute atomic E-state index is 0.0873. The van der Waals surface area contributed by atoms with E-state index in [4.69, 9.17) is 0 Å². The fourth-order valence-corrected chi connectivity index (χ4v) is 2.95. The number of nitrogens with zero attached hydrogens (tertiary/aromatic N) is 2. The predicted octanol–water partition coefficient (Wildman–Crippen LogP) is 2.21. The fourth-order valence-electron chi connectivity index (χ4n) is 2.08. The number of benzene rings is 2. The Bertz CT molecular complexity index is 815. The first kappa shape index (κ1) is 22.0. The van der Waals surface area contributed by atoms with Crippen LogP contribution in [-0.4, -0.2) is 46.0 Å². The van der Waals surface area contributed by atoms with Gasteiger partial charge in [-0.1, -0.05) is 24.3 Å². The summed E-state index contributed by atoms with van der Waals surface area (Å²) in [5.74, 6) is 0.772. The van der Waals surface area contributed by atoms with Crippen LogP contribution in [-0.2, 0) is 9.59 Å². The third-order valence-corrected chi connectivity index (χ3v) is 4.59. The number of hydrogen-bond acceptors (Lipinski definition) is 7. The number of phenols is 2. The summed E-state index contributed by atoms with van der Waals surface area (Å²) in [7, 11) is 0. The standard InChI is InChI=1S/C20H22N4O4S/c25-17-7-3-1-5-15(17)13-21-23-19(27)9-11-29-12-10-20(28)24-22-14-16-6-2-4-8-18(16)26/h1-8,13-14,25-26H,9-12H2,(H,23,27)(H,24,28). The maximum Gasteiger partial charge on any atom is 0.240 e. The zero-order valence-electron chi connectivity index (χ0n) is 15.6. The summed E-state index contributed by atoms with van der Waals surface area (Å²) in [6, 6.07) is 13.3. The summed E-state index contributed by atoms with van der Waals surface area (Å²) in [6.45, 7) is 0. The molecule has 2 rings (SSSR count). The highest BCUT2D eigenvalue weighted by Gasteiger charge is 2.03. The molecule has 0 aliphatic heterocycles. The highest BCUT2D eigenvalue weighted by molar-refractivity contribution is 7.99. The maximum absolute atomic E-state index is 11.7. The van der Waals surface area contributed by atoms with Gasteiger partial charge in [0.1, 0.15) is 11.5 Å². The van der Waals surface area contributed by atoms with Crippen molar-refractivity contribution >= 4 is 36.0 Å². The average molecular weight is 414 g/mol. The molecule has 2 aromatic rings. The Balaban J connectivity index is 1.56. The number of phenolic OH excluding ortho intramolecular Hbond substituents is 2. The van der Waals surface area contributed by atoms with Crippen LogP contribution < -0.4 is 10.9 Å². The van der Waals surface area contributed by atoms with Crippen LogP contribution in [0.4, 0.5) is 0 Å². The molecule has 0 bridgehead atoms. The summed E-state index contributed by atoms with van der Waals surface area (Å²) in [5.41, 5.74) is 5.81. The molecule has 0 saturated carbocycles. The van der Waals surface area contributed by atoms with Crippen molar-refractivity contribution in [2.75, 3.05) is 11.5 Å². The zero-order chi connectivity index (χ0) is 20.9. The van der Waals surface area contributed by atoms with E-state index in [0.717, 1.165) is 0 Å². The van der Waals surface area contributed by atoms with Gasteiger partial charge in [-0.3, -0.25) is 9.59 Å². The Labute approximate surface area is 172 Å². The molecule has 0 unspecified atom stereocenters. The number of rotatable bonds is 10. The molecular weight excluding hydrogens is 392 g/mol. The van der Waals surface area contributed by atoms with E-state index >= 15 is 0 Å². The first-order valence-corrected chi connectivity index (χ1v) is 9.99. The van der Waals surface area contributed by atoms with E-state index < -0.39 is 0 Å². The third-order valence-electron chi connectivity index (χ3n) is 3.61. The van der Waals surface area contributed by atoms with E-state index in [0.29, 0.717) is 22.6 Å². The SMILES string of the molecule is O=C(CCSCCC(=O)NN=Cc1ccccc1O)NN=Cc1ccccc1O. The molecule has 0 heterocycles. The van der Waals surface area contributed by atoms with Gasteiger partial charge in [0.15, 0.2) is 0 Å². The molecule has 0 spiro atoms. The van der Waals surface area contributed by atoms with Gasteiger partial charge < -0.3 is 10.2 Å². The second kappa shape index (κ2) is 12.2. The molecule has 0 atom stereocenters. The summed E-state index contributed by atoms with van der Waals surface area (Å²) >= 11 is 1.47. The Morgan fingerprint density at radius 3 is 1.62 bits per heavy atom. The average Bonchev–Trinajstić information content (AvgIpc) is 2.70. The lowest BCUT2D eigenvalue weighted by molar-refractivity contribution is -0.121. The van der Waals surface area contributed by atoms with Gasteiger partial charge >= 0.3 is 0 Å². The molecule has 2 aromatic carbocycles. The molecular formula is C20H22N4O4S. The number of carbonyl (C=O) groups excluding carboxylic acids is 2. The van der Waals surface area contributed by atoms with Gasteiger partial charge in [0.05, 0.1) is 12.4 Å². The molecule has 8 nitrogen and oxygen atoms in total. The highest BCUT2D eigenvalue weighted by atomic mass is 32.2. The Hall–Kier alpha value is -3.33. The smallest absolute Gasteiger partial charge is 0.240 e. The van der Waals surface area contributed by atoms with Crippen molar-refractivity contribution in [1.82, 2.24) is 10.9 Å². The molecule has 9 heteroatoms. The monoisotopic (exact) mass is 414 g/mol. The van der Waals surface area contributed by atoms with Crippen LogP contribution in [0.1, 0.15) is 24.0 Å². The van der Waals surface area contributed by atoms with E-state index in [1.165, 1.54) is 36.3 Å². The molecule has 0 radical (unpaired) electrons. The number of carbonyl (C=O) groups is 2. The molecule has 0 saturated heterocycles. The number of para-hydroxylation sites is 2. The van der Waals surface area contributed by atoms with Crippen LogP contribution in [0.2, 0.25) is 0 Å². The number of nitrogens with one attached hydrogen (secondary N) is 2. The molecule has 0 fully saturated rings. The number of aromatic hydroxyl groups is 2. The van der Waals surface area contributed by atoms with Crippen molar-refractivity contribution < 1.29 is 19.8 Å². The minimum Gasteiger partial charge on any atom is -0.507 e. The summed E-state index contributed by atoms with van der Waals surface area (Å²) in [4.78, 5) is 23.4. The highest BCUT2D eigenvalue weighted by Crippen LogP contribution is 2.13. The lowest BCUT2D eigenvalue weighted by Gasteiger charge is -2.02. The normalized spacial score (nSPS) is 11.0. The maximum atomic E-state index is 11.7. The summed E-state index contributed by atoms with van der Waals surface area (Å²) < 4.78 is 0. The van der Waals surface area contributed by atoms with Crippen molar-refractivity contribution in [2.24, 2.45) is 10.2 Å². The van der Waals surface area contributed by atoms with Gasteiger partial charge in [-0.2, -0.15) is 22.0 Å². The number of hydrogen-bond donors (Lipinski definition) is 4. The van der Waals surface area contributed by atoms with Gasteiger partial charge in [0.2, 0.25) is 11.8 Å². The fraction of sp³-hybridized carbons (Fsp3) is 0.200. The summed E-state index contributed by atoms with van der Waals surface area (Å²) in [5, 5.41) is 26.8. The van der Waals surface area contributed by atoms with E-state index in [9.17, 15) is 19.8 Å². The second-order valence-corrected chi connectivity index (χ2v) is 7.04. The van der Waals surface area contributed by atoms with Crippen LogP contribution >= 0.6 is 11.8 Å². The van der Waals surface area contributed by atoms with Crippen molar-refractivity contribution in [3.63, 3.8) is 0 Å². The Morgan fingerprint density at radius 2 is 1.21 bits per heavy atom. The number of amides is 2. The second-order valence-electron chi connectivity index (χ2n) is 5.82. The van der Waals surface area contributed by atoms with Crippen LogP contribution in [0, 0.1) is 0 Å². The predicted molar refractivity (Wildman–Crippen MR) is 114 cm³/mol. The number of thioether (sulfide) groups is 1. The van der Waals surface area contributed by atoms with E-state index in [1.807, 2.05) is 0 Å². The molecule has 152 valence electrons. The number of hydrazone groups is 2. The first-order chi connectivity index (χ1) is 14.1. The molecule has 0 aromatic heterocycles. The van der Waals surface area contributed by atoms with Gasteiger partial charge in [0.25, 0.3) is 0 Å². The largest absolute Gasteiger partial charge is 0.507 e. The van der Waals surface area contributed by atoms with Gasteiger partial charge in [-0.05, 0) is 24.3 Å². The van der Waals surface area contributed by atoms with Crippen LogP contribution in [0.3, 0.4) is 0 Å². The van der Waals surface area contributed by atoms with Crippen molar-refractivity contribution in [3.8, 4) is 11.5 Å². The van der Waals surface area contributed by atoms with Crippen molar-refractivity contribution in [2.45, 2.75) is 12.8 Å². The third kappa shape index (κ3) is 8.48. The molecule has 2 amide bonds. The summed E-state index contributed by atoms with van der Waals surface area (Å²) in [6.07, 6.45) is 3.27. The lowest BCUT2D eigenvalue weighted by atomic mass is 10.2. The van der Waals surface area contributed by atoms with E-state index in [-0.39, 0.29) is 36.2 Å². The van der Waals surface area contributed by atoms with Crippen LogP contribution in [0.15, 0.2) is 58.7 Å². The molecule has 4 N–H and O–H groups in total. The quantitative estimate of drug-likeness (QED) is 0.270. The molecule has 29 heavy (non-hydrogen) atoms. The minimum atomic E-state index is -0.249. The first-order valence-electron chi connectivity index (χ1n) is 8.84. The molecule has 0 aliphatic rings. The zero-order valence-corrected chi connectivity index (χ0v) is 16.4. The van der Waals surface area contributed by atoms with Crippen molar-refractivity contribution in [3.05, 3.63) is 59.7 Å². The topological polar surface area (TPSA) is 123 Å². The van der Waals surface area contributed by atoms with Gasteiger partial charge in [0, 0.05) is 35.5 Å². The lowest BCUT2D eigenvalue weighted by Crippen LogP contribution is -2.19. The molecule has 0 aliphatic carbocycles. The van der Waals surface area contributed by atoms with E-state index in [1.54, 1.807) is 36.4 Å². The van der Waals surface area contributed by atoms with Gasteiger partial charge in [-0.15, -0.1) is 0 Å². The van der Waals surface area contributed by atoms with Crippen LogP contribution in [0.5, 0.6) is 11.5 Å². The van der Waals surface area contributed by atoms with E-state index in [2.05, 4.69) is 21.1 Å². The Kier molecular flexibility index (Phi) is 9.23.